The van der Waals surface area contributed by atoms with Crippen LogP contribution in [0, 0.1) is 0 Å². The highest BCUT2D eigenvalue weighted by Crippen LogP contribution is 2.29. The first-order valence-corrected chi connectivity index (χ1v) is 7.53. The molecule has 20 heavy (non-hydrogen) atoms. The number of morpholine rings is 2. The van der Waals surface area contributed by atoms with Gasteiger partial charge in [0.1, 0.15) is 10.7 Å². The second kappa shape index (κ2) is 5.94. The van der Waals surface area contributed by atoms with Gasteiger partial charge in [0.2, 0.25) is 0 Å². The molecule has 7 nitrogen and oxygen atoms in total. The van der Waals surface area contributed by atoms with E-state index >= 15 is 0 Å². The van der Waals surface area contributed by atoms with Gasteiger partial charge in [0.15, 0.2) is 5.13 Å². The SMILES string of the molecule is Nc1nc(N2CCOCC2)sc1C(=O)N1CCOCC1. The Bertz CT molecular complexity index is 481. The van der Waals surface area contributed by atoms with Gasteiger partial charge in [0, 0.05) is 26.2 Å². The fourth-order valence-corrected chi connectivity index (χ4v) is 3.28. The van der Waals surface area contributed by atoms with Crippen LogP contribution in [0.5, 0.6) is 0 Å². The number of thiazole rings is 1. The molecule has 2 saturated heterocycles. The highest BCUT2D eigenvalue weighted by atomic mass is 32.1. The van der Waals surface area contributed by atoms with E-state index in [-0.39, 0.29) is 5.91 Å². The molecule has 3 rings (SSSR count). The van der Waals surface area contributed by atoms with Crippen LogP contribution in [-0.4, -0.2) is 68.4 Å². The smallest absolute Gasteiger partial charge is 0.268 e. The Morgan fingerprint density at radius 1 is 1.10 bits per heavy atom. The van der Waals surface area contributed by atoms with E-state index < -0.39 is 0 Å². The second-order valence-electron chi connectivity index (χ2n) is 4.71. The van der Waals surface area contributed by atoms with E-state index in [0.29, 0.717) is 50.2 Å². The van der Waals surface area contributed by atoms with E-state index in [4.69, 9.17) is 15.2 Å². The third kappa shape index (κ3) is 2.72. The average molecular weight is 298 g/mol. The van der Waals surface area contributed by atoms with E-state index in [1.807, 2.05) is 0 Å². The maximum absolute atomic E-state index is 12.4. The molecule has 0 aliphatic carbocycles. The van der Waals surface area contributed by atoms with E-state index in [0.717, 1.165) is 18.2 Å². The van der Waals surface area contributed by atoms with E-state index in [1.165, 1.54) is 11.3 Å². The maximum Gasteiger partial charge on any atom is 0.268 e. The van der Waals surface area contributed by atoms with Gasteiger partial charge in [-0.15, -0.1) is 0 Å². The minimum Gasteiger partial charge on any atom is -0.382 e. The van der Waals surface area contributed by atoms with Gasteiger partial charge >= 0.3 is 0 Å². The summed E-state index contributed by atoms with van der Waals surface area (Å²) in [6.45, 7) is 5.35. The molecule has 1 aromatic rings. The van der Waals surface area contributed by atoms with Gasteiger partial charge in [0.25, 0.3) is 5.91 Å². The van der Waals surface area contributed by atoms with Crippen LogP contribution in [0.3, 0.4) is 0 Å². The Labute approximate surface area is 121 Å². The van der Waals surface area contributed by atoms with Crippen molar-refractivity contribution in [3.63, 3.8) is 0 Å². The molecule has 0 unspecified atom stereocenters. The lowest BCUT2D eigenvalue weighted by Crippen LogP contribution is -2.40. The van der Waals surface area contributed by atoms with E-state index in [2.05, 4.69) is 9.88 Å². The molecule has 0 spiro atoms. The van der Waals surface area contributed by atoms with Crippen molar-refractivity contribution in [1.29, 1.82) is 0 Å². The molecular weight excluding hydrogens is 280 g/mol. The first-order valence-electron chi connectivity index (χ1n) is 6.72. The van der Waals surface area contributed by atoms with Crippen LogP contribution in [0.4, 0.5) is 10.9 Å². The van der Waals surface area contributed by atoms with Crippen LogP contribution >= 0.6 is 11.3 Å². The maximum atomic E-state index is 12.4. The van der Waals surface area contributed by atoms with E-state index in [1.54, 1.807) is 4.90 Å². The van der Waals surface area contributed by atoms with Crippen molar-refractivity contribution in [3.8, 4) is 0 Å². The Kier molecular flexibility index (Phi) is 4.04. The molecule has 1 amide bonds. The number of nitrogen functional groups attached to an aromatic ring is 1. The number of anilines is 2. The molecular formula is C12H18N4O3S. The van der Waals surface area contributed by atoms with Crippen molar-refractivity contribution >= 4 is 28.2 Å². The third-order valence-corrected chi connectivity index (χ3v) is 4.54. The van der Waals surface area contributed by atoms with Crippen LogP contribution in [-0.2, 0) is 9.47 Å². The van der Waals surface area contributed by atoms with Gasteiger partial charge in [-0.1, -0.05) is 11.3 Å². The Morgan fingerprint density at radius 2 is 1.70 bits per heavy atom. The van der Waals surface area contributed by atoms with Gasteiger partial charge < -0.3 is 25.0 Å². The summed E-state index contributed by atoms with van der Waals surface area (Å²) in [6, 6.07) is 0. The van der Waals surface area contributed by atoms with Gasteiger partial charge in [-0.25, -0.2) is 4.98 Å². The van der Waals surface area contributed by atoms with Crippen molar-refractivity contribution in [1.82, 2.24) is 9.88 Å². The first kappa shape index (κ1) is 13.6. The number of aromatic nitrogens is 1. The zero-order valence-corrected chi connectivity index (χ0v) is 12.0. The topological polar surface area (TPSA) is 80.9 Å². The van der Waals surface area contributed by atoms with Crippen LogP contribution in [0.15, 0.2) is 0 Å². The van der Waals surface area contributed by atoms with Crippen LogP contribution < -0.4 is 10.6 Å². The largest absolute Gasteiger partial charge is 0.382 e. The van der Waals surface area contributed by atoms with Crippen molar-refractivity contribution in [2.75, 3.05) is 63.2 Å². The molecule has 0 atom stereocenters. The normalized spacial score (nSPS) is 20.2. The van der Waals surface area contributed by atoms with Crippen molar-refractivity contribution in [3.05, 3.63) is 4.88 Å². The summed E-state index contributed by atoms with van der Waals surface area (Å²) in [6.07, 6.45) is 0. The third-order valence-electron chi connectivity index (χ3n) is 3.42. The van der Waals surface area contributed by atoms with Crippen molar-refractivity contribution in [2.45, 2.75) is 0 Å². The molecule has 0 radical (unpaired) electrons. The Morgan fingerprint density at radius 3 is 2.35 bits per heavy atom. The quantitative estimate of drug-likeness (QED) is 0.830. The molecule has 0 saturated carbocycles. The Hall–Kier alpha value is -1.38. The van der Waals surface area contributed by atoms with Crippen LogP contribution in [0.25, 0.3) is 0 Å². The number of rotatable bonds is 2. The number of hydrogen-bond donors (Lipinski definition) is 1. The molecule has 2 N–H and O–H groups in total. The number of hydrogen-bond acceptors (Lipinski definition) is 7. The number of nitrogens with two attached hydrogens (primary N) is 1. The molecule has 1 aromatic heterocycles. The average Bonchev–Trinajstić information content (AvgIpc) is 2.90. The monoisotopic (exact) mass is 298 g/mol. The molecule has 0 aromatic carbocycles. The van der Waals surface area contributed by atoms with Gasteiger partial charge in [-0.3, -0.25) is 4.79 Å². The lowest BCUT2D eigenvalue weighted by Gasteiger charge is -2.26. The second-order valence-corrected chi connectivity index (χ2v) is 5.69. The summed E-state index contributed by atoms with van der Waals surface area (Å²) in [7, 11) is 0. The molecule has 3 heterocycles. The minimum absolute atomic E-state index is 0.0391. The van der Waals surface area contributed by atoms with Crippen LogP contribution in [0.1, 0.15) is 9.67 Å². The highest BCUT2D eigenvalue weighted by molar-refractivity contribution is 7.18. The predicted molar refractivity (Wildman–Crippen MR) is 76.3 cm³/mol. The molecule has 8 heteroatoms. The molecule has 110 valence electrons. The standard InChI is InChI=1S/C12H18N4O3S/c13-10-9(11(17)15-1-5-18-6-2-15)20-12(14-10)16-3-7-19-8-4-16/h1-8,13H2. The lowest BCUT2D eigenvalue weighted by atomic mass is 10.3. The predicted octanol–water partition coefficient (Wildman–Crippen LogP) is 0.0343. The first-order chi connectivity index (χ1) is 9.75. The molecule has 2 fully saturated rings. The fourth-order valence-electron chi connectivity index (χ4n) is 2.27. The van der Waals surface area contributed by atoms with Crippen LogP contribution in [0.2, 0.25) is 0 Å². The number of carbonyl (C=O) groups excluding carboxylic acids is 1. The Balaban J connectivity index is 1.75. The van der Waals surface area contributed by atoms with E-state index in [9.17, 15) is 4.79 Å². The van der Waals surface area contributed by atoms with Crippen molar-refractivity contribution in [2.24, 2.45) is 0 Å². The number of nitrogens with zero attached hydrogens (tertiary/aromatic N) is 3. The molecule has 2 aliphatic heterocycles. The van der Waals surface area contributed by atoms with Gasteiger partial charge in [0.05, 0.1) is 26.4 Å². The summed E-state index contributed by atoms with van der Waals surface area (Å²) in [5, 5.41) is 0.808. The highest BCUT2D eigenvalue weighted by Gasteiger charge is 2.25. The summed E-state index contributed by atoms with van der Waals surface area (Å²) in [4.78, 5) is 21.2. The summed E-state index contributed by atoms with van der Waals surface area (Å²) >= 11 is 1.37. The number of ether oxygens (including phenoxy) is 2. The summed E-state index contributed by atoms with van der Waals surface area (Å²) in [5.41, 5.74) is 5.92. The molecule has 2 aliphatic rings. The van der Waals surface area contributed by atoms with Gasteiger partial charge in [-0.2, -0.15) is 0 Å². The van der Waals surface area contributed by atoms with Gasteiger partial charge in [-0.05, 0) is 0 Å². The summed E-state index contributed by atoms with van der Waals surface area (Å²) in [5.74, 6) is 0.288. The number of amides is 1. The molecule has 0 bridgehead atoms. The van der Waals surface area contributed by atoms with Crippen molar-refractivity contribution < 1.29 is 14.3 Å². The number of carbonyl (C=O) groups is 1. The zero-order chi connectivity index (χ0) is 13.9. The minimum atomic E-state index is -0.0391. The zero-order valence-electron chi connectivity index (χ0n) is 11.2. The fraction of sp³-hybridized carbons (Fsp3) is 0.667. The summed E-state index contributed by atoms with van der Waals surface area (Å²) < 4.78 is 10.6. The lowest BCUT2D eigenvalue weighted by molar-refractivity contribution is 0.0306.